The van der Waals surface area contributed by atoms with Crippen molar-refractivity contribution in [2.45, 2.75) is 0 Å². The first-order valence-electron chi connectivity index (χ1n) is 10.3. The lowest BCUT2D eigenvalue weighted by Gasteiger charge is -2.10. The second kappa shape index (κ2) is 10.2. The first-order chi connectivity index (χ1) is 17.0. The second-order valence-corrected chi connectivity index (χ2v) is 7.98. The van der Waals surface area contributed by atoms with Crippen LogP contribution < -0.4 is 9.47 Å². The molecule has 2 aromatic heterocycles. The van der Waals surface area contributed by atoms with Crippen molar-refractivity contribution in [3.63, 3.8) is 0 Å². The number of thiophene rings is 1. The average Bonchev–Trinajstić information content (AvgIpc) is 3.57. The number of aromatic nitrogens is 2. The van der Waals surface area contributed by atoms with Gasteiger partial charge in [-0.25, -0.2) is 19.1 Å². The summed E-state index contributed by atoms with van der Waals surface area (Å²) < 4.78 is 22.1. The third kappa shape index (κ3) is 4.64. The summed E-state index contributed by atoms with van der Waals surface area (Å²) in [6.45, 7) is 0. The molecule has 0 fully saturated rings. The predicted molar refractivity (Wildman–Crippen MR) is 128 cm³/mol. The van der Waals surface area contributed by atoms with Gasteiger partial charge in [0.25, 0.3) is 0 Å². The van der Waals surface area contributed by atoms with E-state index in [9.17, 15) is 14.4 Å². The monoisotopic (exact) mass is 492 g/mol. The third-order valence-corrected chi connectivity index (χ3v) is 5.87. The van der Waals surface area contributed by atoms with Crippen LogP contribution in [-0.2, 0) is 9.47 Å². The highest BCUT2D eigenvalue weighted by Crippen LogP contribution is 2.36. The molecule has 4 rings (SSSR count). The van der Waals surface area contributed by atoms with Crippen molar-refractivity contribution in [1.82, 2.24) is 9.78 Å². The molecule has 178 valence electrons. The summed E-state index contributed by atoms with van der Waals surface area (Å²) in [7, 11) is 3.84. The van der Waals surface area contributed by atoms with E-state index in [4.69, 9.17) is 18.9 Å². The summed E-state index contributed by atoms with van der Waals surface area (Å²) >= 11 is 1.26. The SMILES string of the molecule is COC(=O)c1c(-c2ccc(OC(=O)c3cccs3)c(OC)c2)nn(-c2ccccc2)c1C(=O)OC. The van der Waals surface area contributed by atoms with E-state index in [-0.39, 0.29) is 28.5 Å². The van der Waals surface area contributed by atoms with E-state index in [2.05, 4.69) is 5.10 Å². The number of nitrogens with zero attached hydrogens (tertiary/aromatic N) is 2. The van der Waals surface area contributed by atoms with Crippen LogP contribution in [0.2, 0.25) is 0 Å². The number of hydrogen-bond acceptors (Lipinski definition) is 9. The number of hydrogen-bond donors (Lipinski definition) is 0. The summed E-state index contributed by atoms with van der Waals surface area (Å²) in [5.74, 6) is -1.64. The molecule has 0 N–H and O–H groups in total. The molecule has 35 heavy (non-hydrogen) atoms. The quantitative estimate of drug-likeness (QED) is 0.276. The van der Waals surface area contributed by atoms with Gasteiger partial charge in [0.1, 0.15) is 16.1 Å². The Morgan fingerprint density at radius 2 is 1.57 bits per heavy atom. The van der Waals surface area contributed by atoms with Gasteiger partial charge in [-0.15, -0.1) is 11.3 Å². The number of para-hydroxylation sites is 1. The van der Waals surface area contributed by atoms with Gasteiger partial charge in [0, 0.05) is 5.56 Å². The fraction of sp³-hybridized carbons (Fsp3) is 0.120. The van der Waals surface area contributed by atoms with Gasteiger partial charge in [-0.2, -0.15) is 5.10 Å². The van der Waals surface area contributed by atoms with Crippen LogP contribution in [0.4, 0.5) is 0 Å². The Labute approximate surface area is 204 Å². The molecule has 0 unspecified atom stereocenters. The Balaban J connectivity index is 1.85. The van der Waals surface area contributed by atoms with Crippen molar-refractivity contribution < 1.29 is 33.3 Å². The number of benzene rings is 2. The van der Waals surface area contributed by atoms with E-state index < -0.39 is 17.9 Å². The van der Waals surface area contributed by atoms with Crippen molar-refractivity contribution in [1.29, 1.82) is 0 Å². The highest BCUT2D eigenvalue weighted by atomic mass is 32.1. The van der Waals surface area contributed by atoms with E-state index >= 15 is 0 Å². The minimum atomic E-state index is -0.769. The van der Waals surface area contributed by atoms with Gasteiger partial charge in [0.15, 0.2) is 17.2 Å². The molecule has 0 amide bonds. The Morgan fingerprint density at radius 3 is 2.20 bits per heavy atom. The van der Waals surface area contributed by atoms with Crippen molar-refractivity contribution in [3.05, 3.63) is 82.2 Å². The minimum Gasteiger partial charge on any atom is -0.493 e. The van der Waals surface area contributed by atoms with Crippen LogP contribution in [0.25, 0.3) is 16.9 Å². The van der Waals surface area contributed by atoms with Gasteiger partial charge in [-0.05, 0) is 41.8 Å². The van der Waals surface area contributed by atoms with Crippen LogP contribution in [-0.4, -0.2) is 49.0 Å². The first kappa shape index (κ1) is 23.7. The number of carbonyl (C=O) groups is 3. The fourth-order valence-electron chi connectivity index (χ4n) is 3.40. The van der Waals surface area contributed by atoms with Crippen LogP contribution in [0.5, 0.6) is 11.5 Å². The molecule has 0 spiro atoms. The zero-order valence-corrected chi connectivity index (χ0v) is 19.8. The maximum Gasteiger partial charge on any atom is 0.357 e. The Bertz CT molecular complexity index is 1380. The summed E-state index contributed by atoms with van der Waals surface area (Å²) in [5, 5.41) is 6.32. The van der Waals surface area contributed by atoms with Gasteiger partial charge < -0.3 is 18.9 Å². The summed E-state index contributed by atoms with van der Waals surface area (Å²) in [6, 6.07) is 16.9. The molecule has 0 aliphatic rings. The normalized spacial score (nSPS) is 10.5. The lowest BCUT2D eigenvalue weighted by atomic mass is 10.0. The maximum atomic E-state index is 12.8. The van der Waals surface area contributed by atoms with E-state index in [0.29, 0.717) is 16.1 Å². The smallest absolute Gasteiger partial charge is 0.357 e. The summed E-state index contributed by atoms with van der Waals surface area (Å²) in [5.41, 5.74) is 0.965. The molecule has 0 saturated carbocycles. The molecule has 0 atom stereocenters. The molecular weight excluding hydrogens is 472 g/mol. The van der Waals surface area contributed by atoms with Crippen molar-refractivity contribution >= 4 is 29.2 Å². The Morgan fingerprint density at radius 1 is 0.829 bits per heavy atom. The van der Waals surface area contributed by atoms with Crippen molar-refractivity contribution in [3.8, 4) is 28.4 Å². The van der Waals surface area contributed by atoms with Crippen LogP contribution in [0.3, 0.4) is 0 Å². The van der Waals surface area contributed by atoms with E-state index in [1.54, 1.807) is 53.9 Å². The summed E-state index contributed by atoms with van der Waals surface area (Å²) in [4.78, 5) is 38.4. The molecule has 10 heteroatoms. The molecule has 2 heterocycles. The molecule has 2 aromatic carbocycles. The molecule has 0 saturated heterocycles. The van der Waals surface area contributed by atoms with Gasteiger partial charge in [-0.1, -0.05) is 24.3 Å². The van der Waals surface area contributed by atoms with Crippen LogP contribution in [0, 0.1) is 0 Å². The number of carbonyl (C=O) groups excluding carboxylic acids is 3. The molecular formula is C25H20N2O7S. The van der Waals surface area contributed by atoms with Gasteiger partial charge in [0.05, 0.1) is 27.0 Å². The topological polar surface area (TPSA) is 106 Å². The number of methoxy groups -OCH3 is 3. The second-order valence-electron chi connectivity index (χ2n) is 7.04. The highest BCUT2D eigenvalue weighted by Gasteiger charge is 2.31. The predicted octanol–water partition coefficient (Wildman–Crippen LogP) is 4.40. The van der Waals surface area contributed by atoms with Gasteiger partial charge in [0.2, 0.25) is 0 Å². The van der Waals surface area contributed by atoms with Crippen LogP contribution >= 0.6 is 11.3 Å². The largest absolute Gasteiger partial charge is 0.493 e. The molecule has 9 nitrogen and oxygen atoms in total. The lowest BCUT2D eigenvalue weighted by Crippen LogP contribution is -2.15. The van der Waals surface area contributed by atoms with Gasteiger partial charge in [-0.3, -0.25) is 0 Å². The zero-order chi connectivity index (χ0) is 24.9. The standard InChI is InChI=1S/C25H20N2O7S/c1-31-18-14-15(11-12-17(18)34-23(28)19-10-7-13-35-19)21-20(24(29)32-2)22(25(30)33-3)27(26-21)16-8-5-4-6-9-16/h4-14H,1-3H3. The zero-order valence-electron chi connectivity index (χ0n) is 19.0. The first-order valence-corrected chi connectivity index (χ1v) is 11.2. The lowest BCUT2D eigenvalue weighted by molar-refractivity contribution is 0.0549. The van der Waals surface area contributed by atoms with Crippen LogP contribution in [0.15, 0.2) is 66.0 Å². The molecule has 0 radical (unpaired) electrons. The van der Waals surface area contributed by atoms with Crippen LogP contribution in [0.1, 0.15) is 30.5 Å². The van der Waals surface area contributed by atoms with Crippen molar-refractivity contribution in [2.24, 2.45) is 0 Å². The molecule has 0 aliphatic heterocycles. The molecule has 0 aliphatic carbocycles. The number of ether oxygens (including phenoxy) is 4. The summed E-state index contributed by atoms with van der Waals surface area (Å²) in [6.07, 6.45) is 0. The molecule has 4 aromatic rings. The van der Waals surface area contributed by atoms with E-state index in [1.165, 1.54) is 43.4 Å². The van der Waals surface area contributed by atoms with Crippen molar-refractivity contribution in [2.75, 3.05) is 21.3 Å². The van der Waals surface area contributed by atoms with E-state index in [1.807, 2.05) is 6.07 Å². The average molecular weight is 493 g/mol. The van der Waals surface area contributed by atoms with Gasteiger partial charge >= 0.3 is 17.9 Å². The highest BCUT2D eigenvalue weighted by molar-refractivity contribution is 7.12. The minimum absolute atomic E-state index is 0.0754. The molecule has 0 bridgehead atoms. The number of esters is 3. The number of rotatable bonds is 7. The Kier molecular flexibility index (Phi) is 6.93. The van der Waals surface area contributed by atoms with E-state index in [0.717, 1.165) is 0 Å². The Hall–Kier alpha value is -4.44. The maximum absolute atomic E-state index is 12.8. The third-order valence-electron chi connectivity index (χ3n) is 5.02. The fourth-order valence-corrected chi connectivity index (χ4v) is 4.00.